The number of halogens is 1. The van der Waals surface area contributed by atoms with E-state index in [1.807, 2.05) is 0 Å². The zero-order valence-electron chi connectivity index (χ0n) is 12.5. The van der Waals surface area contributed by atoms with Gasteiger partial charge in [0, 0.05) is 44.6 Å². The molecule has 1 aromatic rings. The Morgan fingerprint density at radius 1 is 1.05 bits per heavy atom. The van der Waals surface area contributed by atoms with Gasteiger partial charge in [0.2, 0.25) is 5.91 Å². The number of carbonyl (C=O) groups excluding carboxylic acids is 3. The summed E-state index contributed by atoms with van der Waals surface area (Å²) in [5.41, 5.74) is 0.316. The average molecular weight is 306 g/mol. The fourth-order valence-electron chi connectivity index (χ4n) is 2.40. The van der Waals surface area contributed by atoms with Gasteiger partial charge in [-0.05, 0) is 25.1 Å². The van der Waals surface area contributed by atoms with Crippen LogP contribution in [0.3, 0.4) is 0 Å². The van der Waals surface area contributed by atoms with Crippen LogP contribution >= 0.6 is 0 Å². The lowest BCUT2D eigenvalue weighted by Gasteiger charge is -2.34. The second kappa shape index (κ2) is 7.15. The first-order valence-electron chi connectivity index (χ1n) is 7.29. The molecule has 0 aliphatic carbocycles. The summed E-state index contributed by atoms with van der Waals surface area (Å²) in [4.78, 5) is 38.4. The van der Waals surface area contributed by atoms with E-state index in [0.29, 0.717) is 31.7 Å². The van der Waals surface area contributed by atoms with Crippen molar-refractivity contribution >= 4 is 17.6 Å². The molecule has 0 radical (unpaired) electrons. The number of nitrogens with zero attached hydrogens (tertiary/aromatic N) is 2. The third-order valence-corrected chi connectivity index (χ3v) is 3.68. The van der Waals surface area contributed by atoms with Gasteiger partial charge in [-0.3, -0.25) is 9.59 Å². The molecule has 1 aromatic carbocycles. The van der Waals surface area contributed by atoms with E-state index in [1.165, 1.54) is 25.1 Å². The Morgan fingerprint density at radius 2 is 1.68 bits per heavy atom. The molecule has 22 heavy (non-hydrogen) atoms. The molecular formula is C16H19FN2O3. The number of ketones is 1. The molecule has 2 rings (SSSR count). The largest absolute Gasteiger partial charge is 0.339 e. The minimum absolute atomic E-state index is 0.00623. The van der Waals surface area contributed by atoms with E-state index in [0.717, 1.165) is 0 Å². The number of Topliss-reactive ketones (excluding diaryl/α,β-unsaturated/α-hetero) is 1. The maximum absolute atomic E-state index is 13.2. The van der Waals surface area contributed by atoms with Crippen molar-refractivity contribution in [2.24, 2.45) is 0 Å². The molecule has 0 saturated carbocycles. The van der Waals surface area contributed by atoms with Crippen LogP contribution in [0, 0.1) is 5.82 Å². The van der Waals surface area contributed by atoms with Gasteiger partial charge in [-0.15, -0.1) is 0 Å². The predicted octanol–water partition coefficient (Wildman–Crippen LogP) is 1.48. The first-order chi connectivity index (χ1) is 10.5. The van der Waals surface area contributed by atoms with Crippen LogP contribution < -0.4 is 0 Å². The van der Waals surface area contributed by atoms with Crippen molar-refractivity contribution in [2.75, 3.05) is 26.2 Å². The molecular weight excluding hydrogens is 287 g/mol. The Balaban J connectivity index is 1.88. The smallest absolute Gasteiger partial charge is 0.254 e. The maximum atomic E-state index is 13.2. The summed E-state index contributed by atoms with van der Waals surface area (Å²) in [6.07, 6.45) is 0.467. The highest BCUT2D eigenvalue weighted by atomic mass is 19.1. The fraction of sp³-hybridized carbons (Fsp3) is 0.438. The summed E-state index contributed by atoms with van der Waals surface area (Å²) in [5.74, 6) is -0.736. The number of benzene rings is 1. The number of amides is 2. The molecule has 0 atom stereocenters. The Hall–Kier alpha value is -2.24. The van der Waals surface area contributed by atoms with E-state index in [2.05, 4.69) is 0 Å². The van der Waals surface area contributed by atoms with E-state index >= 15 is 0 Å². The van der Waals surface area contributed by atoms with Crippen LogP contribution in [0.25, 0.3) is 0 Å². The van der Waals surface area contributed by atoms with Crippen molar-refractivity contribution < 1.29 is 18.8 Å². The third kappa shape index (κ3) is 4.13. The maximum Gasteiger partial charge on any atom is 0.254 e. The average Bonchev–Trinajstić information content (AvgIpc) is 2.52. The molecule has 6 heteroatoms. The minimum Gasteiger partial charge on any atom is -0.339 e. The predicted molar refractivity (Wildman–Crippen MR) is 78.8 cm³/mol. The number of hydrogen-bond donors (Lipinski definition) is 0. The van der Waals surface area contributed by atoms with E-state index in [1.54, 1.807) is 15.9 Å². The molecule has 0 bridgehead atoms. The van der Waals surface area contributed by atoms with Gasteiger partial charge in [0.25, 0.3) is 5.91 Å². The topological polar surface area (TPSA) is 57.7 Å². The minimum atomic E-state index is -0.441. The second-order valence-electron chi connectivity index (χ2n) is 5.39. The second-order valence-corrected chi connectivity index (χ2v) is 5.39. The van der Waals surface area contributed by atoms with Crippen LogP contribution in [-0.4, -0.2) is 53.6 Å². The SMILES string of the molecule is CC(=O)CCC(=O)N1CCN(C(=O)c2cccc(F)c2)CC1. The first kappa shape index (κ1) is 16.1. The number of hydrogen-bond acceptors (Lipinski definition) is 3. The van der Waals surface area contributed by atoms with E-state index in [9.17, 15) is 18.8 Å². The molecule has 1 heterocycles. The molecule has 1 saturated heterocycles. The van der Waals surface area contributed by atoms with Gasteiger partial charge < -0.3 is 14.6 Å². The Morgan fingerprint density at radius 3 is 2.27 bits per heavy atom. The van der Waals surface area contributed by atoms with E-state index in [-0.39, 0.29) is 30.4 Å². The molecule has 0 N–H and O–H groups in total. The zero-order chi connectivity index (χ0) is 16.1. The number of carbonyl (C=O) groups is 3. The van der Waals surface area contributed by atoms with Crippen LogP contribution in [0.2, 0.25) is 0 Å². The fourth-order valence-corrected chi connectivity index (χ4v) is 2.40. The third-order valence-electron chi connectivity index (χ3n) is 3.68. The molecule has 2 amide bonds. The molecule has 0 unspecified atom stereocenters. The van der Waals surface area contributed by atoms with Crippen molar-refractivity contribution in [1.29, 1.82) is 0 Å². The van der Waals surface area contributed by atoms with Gasteiger partial charge >= 0.3 is 0 Å². The Bertz CT molecular complexity index is 581. The van der Waals surface area contributed by atoms with Crippen LogP contribution in [0.1, 0.15) is 30.1 Å². The molecule has 1 aliphatic rings. The van der Waals surface area contributed by atoms with Crippen molar-refractivity contribution in [2.45, 2.75) is 19.8 Å². The van der Waals surface area contributed by atoms with Gasteiger partial charge in [-0.2, -0.15) is 0 Å². The highest BCUT2D eigenvalue weighted by molar-refractivity contribution is 5.94. The normalized spacial score (nSPS) is 14.8. The van der Waals surface area contributed by atoms with Crippen LogP contribution in [0.15, 0.2) is 24.3 Å². The van der Waals surface area contributed by atoms with Gasteiger partial charge in [0.15, 0.2) is 0 Å². The molecule has 0 spiro atoms. The summed E-state index contributed by atoms with van der Waals surface area (Å²) in [6.45, 7) is 3.18. The molecule has 1 fully saturated rings. The van der Waals surface area contributed by atoms with Crippen LogP contribution in [-0.2, 0) is 9.59 Å². The van der Waals surface area contributed by atoms with Crippen molar-refractivity contribution in [1.82, 2.24) is 9.80 Å². The van der Waals surface area contributed by atoms with Crippen molar-refractivity contribution in [3.63, 3.8) is 0 Å². The monoisotopic (exact) mass is 306 g/mol. The first-order valence-corrected chi connectivity index (χ1v) is 7.29. The van der Waals surface area contributed by atoms with Crippen LogP contribution in [0.4, 0.5) is 4.39 Å². The van der Waals surface area contributed by atoms with Gasteiger partial charge in [-0.1, -0.05) is 6.07 Å². The van der Waals surface area contributed by atoms with Gasteiger partial charge in [0.1, 0.15) is 11.6 Å². The lowest BCUT2D eigenvalue weighted by Crippen LogP contribution is -2.50. The summed E-state index contributed by atoms with van der Waals surface area (Å²) in [7, 11) is 0. The number of rotatable bonds is 4. The van der Waals surface area contributed by atoms with E-state index < -0.39 is 5.82 Å². The van der Waals surface area contributed by atoms with E-state index in [4.69, 9.17) is 0 Å². The standard InChI is InChI=1S/C16H19FN2O3/c1-12(20)5-6-15(21)18-7-9-19(10-8-18)16(22)13-3-2-4-14(17)11-13/h2-4,11H,5-10H2,1H3. The Labute approximate surface area is 128 Å². The summed E-state index contributed by atoms with van der Waals surface area (Å²) < 4.78 is 13.2. The molecule has 118 valence electrons. The lowest BCUT2D eigenvalue weighted by atomic mass is 10.1. The van der Waals surface area contributed by atoms with Crippen molar-refractivity contribution in [3.8, 4) is 0 Å². The summed E-state index contributed by atoms with van der Waals surface area (Å²) in [5, 5.41) is 0. The highest BCUT2D eigenvalue weighted by Crippen LogP contribution is 2.11. The molecule has 1 aliphatic heterocycles. The summed E-state index contributed by atoms with van der Waals surface area (Å²) in [6, 6.07) is 5.59. The van der Waals surface area contributed by atoms with Gasteiger partial charge in [-0.25, -0.2) is 4.39 Å². The van der Waals surface area contributed by atoms with Gasteiger partial charge in [0.05, 0.1) is 0 Å². The molecule has 0 aromatic heterocycles. The van der Waals surface area contributed by atoms with Crippen molar-refractivity contribution in [3.05, 3.63) is 35.6 Å². The Kier molecular flexibility index (Phi) is 5.25. The quantitative estimate of drug-likeness (QED) is 0.846. The van der Waals surface area contributed by atoms with Crippen LogP contribution in [0.5, 0.6) is 0 Å². The zero-order valence-corrected chi connectivity index (χ0v) is 12.5. The summed E-state index contributed by atoms with van der Waals surface area (Å²) >= 11 is 0. The molecule has 5 nitrogen and oxygen atoms in total. The highest BCUT2D eigenvalue weighted by Gasteiger charge is 2.24. The number of piperazine rings is 1. The lowest BCUT2D eigenvalue weighted by molar-refractivity contribution is -0.134.